The molecule has 0 bridgehead atoms. The van der Waals surface area contributed by atoms with Crippen LogP contribution in [0.1, 0.15) is 0 Å². The van der Waals surface area contributed by atoms with Crippen molar-refractivity contribution in [2.24, 2.45) is 0 Å². The maximum atomic E-state index is 12.9. The normalized spacial score (nSPS) is 14.9. The lowest BCUT2D eigenvalue weighted by Gasteiger charge is -2.26. The second kappa shape index (κ2) is 9.07. The predicted molar refractivity (Wildman–Crippen MR) is 78.8 cm³/mol. The van der Waals surface area contributed by atoms with Crippen LogP contribution in [-0.2, 0) is 4.79 Å². The lowest BCUT2D eigenvalue weighted by atomic mass is 10.3. The van der Waals surface area contributed by atoms with Crippen molar-refractivity contribution < 1.29 is 13.6 Å². The fourth-order valence-electron chi connectivity index (χ4n) is 1.85. The van der Waals surface area contributed by atoms with Gasteiger partial charge in [0.25, 0.3) is 0 Å². The highest BCUT2D eigenvalue weighted by Crippen LogP contribution is 2.12. The first-order valence-electron chi connectivity index (χ1n) is 5.83. The number of piperazine rings is 1. The van der Waals surface area contributed by atoms with Gasteiger partial charge in [0.15, 0.2) is 11.6 Å². The van der Waals surface area contributed by atoms with E-state index in [1.807, 2.05) is 4.90 Å². The quantitative estimate of drug-likeness (QED) is 0.887. The van der Waals surface area contributed by atoms with Crippen LogP contribution in [0.3, 0.4) is 0 Å². The molecule has 0 spiro atoms. The first kappa shape index (κ1) is 19.1. The number of hydrogen-bond acceptors (Lipinski definition) is 3. The van der Waals surface area contributed by atoms with Gasteiger partial charge in [0.1, 0.15) is 0 Å². The zero-order valence-corrected chi connectivity index (χ0v) is 12.3. The van der Waals surface area contributed by atoms with Crippen molar-refractivity contribution in [3.8, 4) is 0 Å². The Morgan fingerprint density at radius 2 is 1.85 bits per heavy atom. The van der Waals surface area contributed by atoms with Gasteiger partial charge in [-0.2, -0.15) is 0 Å². The molecule has 0 aliphatic carbocycles. The summed E-state index contributed by atoms with van der Waals surface area (Å²) in [7, 11) is 0. The van der Waals surface area contributed by atoms with E-state index < -0.39 is 11.6 Å². The van der Waals surface area contributed by atoms with Crippen molar-refractivity contribution in [2.45, 2.75) is 0 Å². The molecule has 0 radical (unpaired) electrons. The standard InChI is InChI=1S/C12H15F2N3O.2ClH/c13-10-2-1-9(7-11(10)14)16-12(18)8-17-5-3-15-4-6-17;;/h1-2,7,15H,3-6,8H2,(H,16,18);2*1H. The van der Waals surface area contributed by atoms with Crippen molar-refractivity contribution in [1.82, 2.24) is 10.2 Å². The first-order valence-corrected chi connectivity index (χ1v) is 5.83. The third kappa shape index (κ3) is 5.58. The van der Waals surface area contributed by atoms with Gasteiger partial charge in [-0.25, -0.2) is 8.78 Å². The van der Waals surface area contributed by atoms with Crippen LogP contribution in [0.4, 0.5) is 14.5 Å². The maximum Gasteiger partial charge on any atom is 0.238 e. The summed E-state index contributed by atoms with van der Waals surface area (Å²) in [5, 5.41) is 5.74. The van der Waals surface area contributed by atoms with Crippen molar-refractivity contribution in [3.05, 3.63) is 29.8 Å². The summed E-state index contributed by atoms with van der Waals surface area (Å²) in [5.41, 5.74) is 0.272. The van der Waals surface area contributed by atoms with Gasteiger partial charge < -0.3 is 10.6 Å². The molecule has 1 aliphatic rings. The molecule has 0 unspecified atom stereocenters. The summed E-state index contributed by atoms with van der Waals surface area (Å²) >= 11 is 0. The van der Waals surface area contributed by atoms with E-state index in [2.05, 4.69) is 10.6 Å². The number of carbonyl (C=O) groups excluding carboxylic acids is 1. The number of halogens is 4. The Labute approximate surface area is 128 Å². The molecule has 0 saturated carbocycles. The van der Waals surface area contributed by atoms with Gasteiger partial charge in [-0.1, -0.05) is 0 Å². The van der Waals surface area contributed by atoms with Crippen LogP contribution in [0.5, 0.6) is 0 Å². The Balaban J connectivity index is 0.00000180. The molecule has 1 aliphatic heterocycles. The minimum absolute atomic E-state index is 0. The Morgan fingerprint density at radius 3 is 2.45 bits per heavy atom. The van der Waals surface area contributed by atoms with E-state index in [1.165, 1.54) is 6.07 Å². The Kier molecular flexibility index (Phi) is 8.64. The van der Waals surface area contributed by atoms with E-state index in [1.54, 1.807) is 0 Å². The average molecular weight is 328 g/mol. The average Bonchev–Trinajstić information content (AvgIpc) is 2.35. The Bertz CT molecular complexity index is 443. The lowest BCUT2D eigenvalue weighted by molar-refractivity contribution is -0.117. The molecule has 2 rings (SSSR count). The summed E-state index contributed by atoms with van der Waals surface area (Å²) in [4.78, 5) is 13.7. The molecule has 1 aromatic carbocycles. The van der Waals surface area contributed by atoms with Gasteiger partial charge in [-0.05, 0) is 12.1 Å². The number of hydrogen-bond donors (Lipinski definition) is 2. The van der Waals surface area contributed by atoms with Gasteiger partial charge in [0.2, 0.25) is 5.91 Å². The third-order valence-corrected chi connectivity index (χ3v) is 2.78. The number of amides is 1. The number of anilines is 1. The van der Waals surface area contributed by atoms with E-state index in [-0.39, 0.29) is 43.0 Å². The van der Waals surface area contributed by atoms with Gasteiger partial charge in [0.05, 0.1) is 6.54 Å². The third-order valence-electron chi connectivity index (χ3n) is 2.78. The SMILES string of the molecule is Cl.Cl.O=C(CN1CCNCC1)Nc1ccc(F)c(F)c1. The van der Waals surface area contributed by atoms with Gasteiger partial charge in [-0.3, -0.25) is 9.69 Å². The molecule has 0 aromatic heterocycles. The molecule has 8 heteroatoms. The molecule has 1 aromatic rings. The van der Waals surface area contributed by atoms with Crippen LogP contribution < -0.4 is 10.6 Å². The van der Waals surface area contributed by atoms with Crippen LogP contribution in [0, 0.1) is 11.6 Å². The number of benzene rings is 1. The van der Waals surface area contributed by atoms with E-state index in [9.17, 15) is 13.6 Å². The van der Waals surface area contributed by atoms with E-state index in [4.69, 9.17) is 0 Å². The zero-order chi connectivity index (χ0) is 13.0. The van der Waals surface area contributed by atoms with E-state index in [0.717, 1.165) is 38.3 Å². The predicted octanol–water partition coefficient (Wildman–Crippen LogP) is 1.65. The van der Waals surface area contributed by atoms with Gasteiger partial charge in [0, 0.05) is 37.9 Å². The molecule has 1 saturated heterocycles. The zero-order valence-electron chi connectivity index (χ0n) is 10.7. The number of nitrogens with one attached hydrogen (secondary N) is 2. The highest BCUT2D eigenvalue weighted by Gasteiger charge is 2.13. The fourth-order valence-corrected chi connectivity index (χ4v) is 1.85. The van der Waals surface area contributed by atoms with Crippen molar-refractivity contribution >= 4 is 36.4 Å². The Morgan fingerprint density at radius 1 is 1.20 bits per heavy atom. The summed E-state index contributed by atoms with van der Waals surface area (Å²) in [6, 6.07) is 3.31. The van der Waals surface area contributed by atoms with Crippen LogP contribution in [0.2, 0.25) is 0 Å². The second-order valence-corrected chi connectivity index (χ2v) is 4.20. The first-order chi connectivity index (χ1) is 8.65. The highest BCUT2D eigenvalue weighted by molar-refractivity contribution is 5.92. The molecule has 1 amide bonds. The van der Waals surface area contributed by atoms with E-state index >= 15 is 0 Å². The molecule has 4 nitrogen and oxygen atoms in total. The van der Waals surface area contributed by atoms with Crippen LogP contribution in [0.15, 0.2) is 18.2 Å². The van der Waals surface area contributed by atoms with Crippen LogP contribution >= 0.6 is 24.8 Å². The molecule has 20 heavy (non-hydrogen) atoms. The van der Waals surface area contributed by atoms with E-state index in [0.29, 0.717) is 0 Å². The summed E-state index contributed by atoms with van der Waals surface area (Å²) in [6.45, 7) is 3.61. The van der Waals surface area contributed by atoms with Gasteiger partial charge in [-0.15, -0.1) is 24.8 Å². The monoisotopic (exact) mass is 327 g/mol. The van der Waals surface area contributed by atoms with Crippen molar-refractivity contribution in [3.63, 3.8) is 0 Å². The lowest BCUT2D eigenvalue weighted by Crippen LogP contribution is -2.46. The van der Waals surface area contributed by atoms with Crippen LogP contribution in [0.25, 0.3) is 0 Å². The summed E-state index contributed by atoms with van der Waals surface area (Å²) in [5.74, 6) is -2.10. The number of rotatable bonds is 3. The van der Waals surface area contributed by atoms with Crippen molar-refractivity contribution in [2.75, 3.05) is 38.0 Å². The maximum absolute atomic E-state index is 12.9. The summed E-state index contributed by atoms with van der Waals surface area (Å²) < 4.78 is 25.6. The number of carbonyl (C=O) groups is 1. The smallest absolute Gasteiger partial charge is 0.238 e. The molecule has 1 heterocycles. The van der Waals surface area contributed by atoms with Crippen molar-refractivity contribution in [1.29, 1.82) is 0 Å². The molecule has 1 fully saturated rings. The largest absolute Gasteiger partial charge is 0.325 e. The van der Waals surface area contributed by atoms with Crippen LogP contribution in [-0.4, -0.2) is 43.5 Å². The molecule has 2 N–H and O–H groups in total. The second-order valence-electron chi connectivity index (χ2n) is 4.20. The molecule has 114 valence electrons. The summed E-state index contributed by atoms with van der Waals surface area (Å²) in [6.07, 6.45) is 0. The Hall–Kier alpha value is -0.950. The molecular formula is C12H17Cl2F2N3O. The molecular weight excluding hydrogens is 311 g/mol. The number of nitrogens with zero attached hydrogens (tertiary/aromatic N) is 1. The molecule has 0 atom stereocenters. The minimum atomic E-state index is -0.963. The fraction of sp³-hybridized carbons (Fsp3) is 0.417. The highest BCUT2D eigenvalue weighted by atomic mass is 35.5. The van der Waals surface area contributed by atoms with Gasteiger partial charge >= 0.3 is 0 Å². The minimum Gasteiger partial charge on any atom is -0.325 e. The topological polar surface area (TPSA) is 44.4 Å².